The Morgan fingerprint density at radius 2 is 2.00 bits per heavy atom. The third-order valence-corrected chi connectivity index (χ3v) is 6.21. The van der Waals surface area contributed by atoms with Crippen LogP contribution in [0.25, 0.3) is 0 Å². The van der Waals surface area contributed by atoms with Crippen molar-refractivity contribution >= 4 is 19.0 Å². The van der Waals surface area contributed by atoms with Crippen molar-refractivity contribution in [1.29, 1.82) is 5.26 Å². The summed E-state index contributed by atoms with van der Waals surface area (Å²) in [4.78, 5) is 7.11. The fraction of sp³-hybridized carbons (Fsp3) is 0.875. The second-order valence-corrected chi connectivity index (χ2v) is 7.68. The van der Waals surface area contributed by atoms with Gasteiger partial charge in [0.05, 0.1) is 12.0 Å². The Balaban J connectivity index is 1.63. The summed E-state index contributed by atoms with van der Waals surface area (Å²) in [7, 11) is 4.38. The lowest BCUT2D eigenvalue weighted by Gasteiger charge is -2.38. The molecule has 2 aliphatic heterocycles. The van der Waals surface area contributed by atoms with E-state index < -0.39 is 0 Å². The minimum Gasteiger partial charge on any atom is -0.306 e. The van der Waals surface area contributed by atoms with Crippen LogP contribution >= 0.6 is 12.8 Å². The van der Waals surface area contributed by atoms with Crippen molar-refractivity contribution < 1.29 is 0 Å². The molecular formula is C16H26N4S. The molecule has 0 bridgehead atoms. The van der Waals surface area contributed by atoms with Crippen molar-refractivity contribution in [2.24, 2.45) is 28.7 Å². The monoisotopic (exact) mass is 306 g/mol. The number of nitrogens with zero attached hydrogens (tertiary/aromatic N) is 4. The maximum atomic E-state index is 9.35. The van der Waals surface area contributed by atoms with Gasteiger partial charge in [-0.1, -0.05) is 12.8 Å². The highest BCUT2D eigenvalue weighted by molar-refractivity contribution is 7.77. The Morgan fingerprint density at radius 3 is 2.62 bits per heavy atom. The van der Waals surface area contributed by atoms with Gasteiger partial charge < -0.3 is 4.90 Å². The number of rotatable bonds is 2. The molecule has 1 saturated carbocycles. The summed E-state index contributed by atoms with van der Waals surface area (Å²) in [6, 6.07) is 3.22. The summed E-state index contributed by atoms with van der Waals surface area (Å²) in [5.74, 6) is 1.82. The predicted octanol–water partition coefficient (Wildman–Crippen LogP) is 2.44. The fourth-order valence-electron chi connectivity index (χ4n) is 4.42. The van der Waals surface area contributed by atoms with Crippen molar-refractivity contribution in [3.8, 4) is 6.07 Å². The molecule has 1 aliphatic carbocycles. The lowest BCUT2D eigenvalue weighted by Crippen LogP contribution is -2.37. The van der Waals surface area contributed by atoms with E-state index in [4.69, 9.17) is 4.99 Å². The summed E-state index contributed by atoms with van der Waals surface area (Å²) in [6.07, 6.45) is 8.66. The van der Waals surface area contributed by atoms with Gasteiger partial charge in [-0.3, -0.25) is 4.99 Å². The molecule has 4 atom stereocenters. The molecule has 2 heterocycles. The summed E-state index contributed by atoms with van der Waals surface area (Å²) in [5.41, 5.74) is 0. The van der Waals surface area contributed by atoms with Gasteiger partial charge in [0, 0.05) is 24.7 Å². The number of nitriles is 1. The highest BCUT2D eigenvalue weighted by Gasteiger charge is 2.44. The molecule has 3 rings (SSSR count). The van der Waals surface area contributed by atoms with Crippen molar-refractivity contribution in [2.75, 3.05) is 20.6 Å². The van der Waals surface area contributed by atoms with Crippen LogP contribution in [-0.2, 0) is 0 Å². The molecule has 116 valence electrons. The molecule has 3 aliphatic rings. The van der Waals surface area contributed by atoms with Gasteiger partial charge in [-0.15, -0.1) is 0 Å². The van der Waals surface area contributed by atoms with Crippen LogP contribution in [0, 0.1) is 35.0 Å². The zero-order valence-corrected chi connectivity index (χ0v) is 13.9. The molecule has 1 saturated heterocycles. The summed E-state index contributed by atoms with van der Waals surface area (Å²) < 4.78 is 1.95. The zero-order valence-electron chi connectivity index (χ0n) is 13.0. The van der Waals surface area contributed by atoms with E-state index in [1.165, 1.54) is 25.7 Å². The molecule has 21 heavy (non-hydrogen) atoms. The molecule has 2 fully saturated rings. The number of thiol groups is 1. The zero-order chi connectivity index (χ0) is 15.0. The minimum absolute atomic E-state index is 0.102. The molecule has 0 aromatic carbocycles. The van der Waals surface area contributed by atoms with E-state index in [-0.39, 0.29) is 12.1 Å². The Hall–Kier alpha value is -0.570. The highest BCUT2D eigenvalue weighted by atomic mass is 32.1. The van der Waals surface area contributed by atoms with E-state index in [1.807, 2.05) is 4.31 Å². The Kier molecular flexibility index (Phi) is 4.58. The van der Waals surface area contributed by atoms with Gasteiger partial charge in [-0.2, -0.15) is 5.26 Å². The minimum atomic E-state index is 0.102. The molecule has 4 nitrogen and oxygen atoms in total. The van der Waals surface area contributed by atoms with Gasteiger partial charge in [0.2, 0.25) is 0 Å². The number of aliphatic imine (C=N–C) groups is 1. The SMILES string of the molecule is CN(C)C1CCC(C2C=NC3C(C2)C(C#N)CN3S)CC1. The van der Waals surface area contributed by atoms with E-state index in [2.05, 4.69) is 44.1 Å². The van der Waals surface area contributed by atoms with Gasteiger partial charge in [0.25, 0.3) is 0 Å². The van der Waals surface area contributed by atoms with Crippen molar-refractivity contribution in [1.82, 2.24) is 9.21 Å². The third-order valence-electron chi connectivity index (χ3n) is 5.81. The first kappa shape index (κ1) is 15.3. The first-order chi connectivity index (χ1) is 10.1. The lowest BCUT2D eigenvalue weighted by molar-refractivity contribution is 0.160. The van der Waals surface area contributed by atoms with Crippen molar-refractivity contribution in [2.45, 2.75) is 44.3 Å². The van der Waals surface area contributed by atoms with Crippen LogP contribution in [0.5, 0.6) is 0 Å². The average molecular weight is 306 g/mol. The van der Waals surface area contributed by atoms with Crippen LogP contribution < -0.4 is 0 Å². The number of hydrogen-bond donors (Lipinski definition) is 1. The van der Waals surface area contributed by atoms with E-state index in [0.29, 0.717) is 11.8 Å². The van der Waals surface area contributed by atoms with Crippen LogP contribution in [0.3, 0.4) is 0 Å². The van der Waals surface area contributed by atoms with Crippen molar-refractivity contribution in [3.05, 3.63) is 0 Å². The highest BCUT2D eigenvalue weighted by Crippen LogP contribution is 2.42. The van der Waals surface area contributed by atoms with Crippen LogP contribution in [0.4, 0.5) is 0 Å². The maximum Gasteiger partial charge on any atom is 0.114 e. The molecule has 0 spiro atoms. The molecule has 0 aromatic rings. The van der Waals surface area contributed by atoms with Crippen LogP contribution in [-0.4, -0.2) is 48.3 Å². The van der Waals surface area contributed by atoms with Crippen molar-refractivity contribution in [3.63, 3.8) is 0 Å². The molecule has 4 unspecified atom stereocenters. The second-order valence-electron chi connectivity index (χ2n) is 7.17. The molecule has 5 heteroatoms. The summed E-state index contributed by atoms with van der Waals surface area (Å²) in [6.45, 7) is 0.756. The van der Waals surface area contributed by atoms with Crippen LogP contribution in [0.15, 0.2) is 4.99 Å². The fourth-order valence-corrected chi connectivity index (χ4v) is 4.82. The molecule has 0 N–H and O–H groups in total. The normalized spacial score (nSPS) is 43.8. The molecular weight excluding hydrogens is 280 g/mol. The Morgan fingerprint density at radius 1 is 1.29 bits per heavy atom. The smallest absolute Gasteiger partial charge is 0.114 e. The van der Waals surface area contributed by atoms with Gasteiger partial charge in [0.1, 0.15) is 6.17 Å². The topological polar surface area (TPSA) is 42.6 Å². The lowest BCUT2D eigenvalue weighted by atomic mass is 9.72. The quantitative estimate of drug-likeness (QED) is 0.797. The van der Waals surface area contributed by atoms with Gasteiger partial charge in [-0.05, 0) is 58.0 Å². The van der Waals surface area contributed by atoms with Gasteiger partial charge in [-0.25, -0.2) is 4.31 Å². The van der Waals surface area contributed by atoms with Crippen LogP contribution in [0.2, 0.25) is 0 Å². The first-order valence-corrected chi connectivity index (χ1v) is 8.55. The summed E-state index contributed by atoms with van der Waals surface area (Å²) >= 11 is 4.48. The van der Waals surface area contributed by atoms with E-state index >= 15 is 0 Å². The van der Waals surface area contributed by atoms with Gasteiger partial charge >= 0.3 is 0 Å². The molecule has 0 radical (unpaired) electrons. The molecule has 0 aromatic heterocycles. The Labute approximate surface area is 133 Å². The van der Waals surface area contributed by atoms with Gasteiger partial charge in [0.15, 0.2) is 0 Å². The first-order valence-electron chi connectivity index (χ1n) is 8.15. The van der Waals surface area contributed by atoms with E-state index in [0.717, 1.165) is 24.9 Å². The maximum absolute atomic E-state index is 9.35. The Bertz CT molecular complexity index is 436. The summed E-state index contributed by atoms with van der Waals surface area (Å²) in [5, 5.41) is 9.35. The average Bonchev–Trinajstić information content (AvgIpc) is 2.83. The third kappa shape index (κ3) is 2.99. The standard InChI is InChI=1S/C16H26N4S/c1-19(2)14-5-3-11(4-6-14)12-7-15-13(8-17)10-20(21)16(15)18-9-12/h9,11-16,21H,3-7,10H2,1-2H3. The number of hydrogen-bond acceptors (Lipinski definition) is 5. The van der Waals surface area contributed by atoms with E-state index in [9.17, 15) is 5.26 Å². The van der Waals surface area contributed by atoms with Crippen LogP contribution in [0.1, 0.15) is 32.1 Å². The largest absolute Gasteiger partial charge is 0.306 e. The van der Waals surface area contributed by atoms with E-state index in [1.54, 1.807) is 0 Å². The predicted molar refractivity (Wildman–Crippen MR) is 88.1 cm³/mol. The number of fused-ring (bicyclic) bond motifs is 1. The second kappa shape index (κ2) is 6.28. The molecule has 0 amide bonds.